The molecule has 2 heterocycles. The Bertz CT molecular complexity index is 445. The Kier molecular flexibility index (Phi) is 1.37. The highest BCUT2D eigenvalue weighted by atomic mass is 32.1. The molecular formula is C6H5N3O2S. The van der Waals surface area contributed by atoms with Crippen molar-refractivity contribution in [1.82, 2.24) is 14.6 Å². The number of aromatic nitrogens is 3. The lowest BCUT2D eigenvalue weighted by molar-refractivity contribution is 0.0687. The smallest absolute Gasteiger partial charge is 0.356 e. The minimum absolute atomic E-state index is 0.145. The molecule has 6 heteroatoms. The van der Waals surface area contributed by atoms with Gasteiger partial charge in [0.2, 0.25) is 4.96 Å². The van der Waals surface area contributed by atoms with Crippen molar-refractivity contribution in [2.75, 3.05) is 0 Å². The molecule has 0 unspecified atom stereocenters. The molecule has 2 aromatic rings. The maximum atomic E-state index is 10.7. The van der Waals surface area contributed by atoms with Crippen molar-refractivity contribution in [2.24, 2.45) is 0 Å². The third-order valence-electron chi connectivity index (χ3n) is 1.52. The van der Waals surface area contributed by atoms with Crippen LogP contribution in [0.5, 0.6) is 0 Å². The van der Waals surface area contributed by atoms with Crippen LogP contribution in [0.1, 0.15) is 16.2 Å². The fraction of sp³-hybridized carbons (Fsp3) is 0.167. The zero-order valence-electron chi connectivity index (χ0n) is 6.18. The van der Waals surface area contributed by atoms with E-state index in [2.05, 4.69) is 10.1 Å². The summed E-state index contributed by atoms with van der Waals surface area (Å²) in [5.74, 6) is -0.995. The maximum Gasteiger partial charge on any atom is 0.356 e. The molecule has 0 radical (unpaired) electrons. The van der Waals surface area contributed by atoms with Gasteiger partial charge in [-0.05, 0) is 6.92 Å². The molecule has 2 aromatic heterocycles. The van der Waals surface area contributed by atoms with E-state index < -0.39 is 5.97 Å². The zero-order valence-corrected chi connectivity index (χ0v) is 7.00. The zero-order chi connectivity index (χ0) is 8.72. The van der Waals surface area contributed by atoms with E-state index in [-0.39, 0.29) is 5.69 Å². The lowest BCUT2D eigenvalue weighted by atomic mass is 10.3. The van der Waals surface area contributed by atoms with E-state index in [9.17, 15) is 4.79 Å². The van der Waals surface area contributed by atoms with Gasteiger partial charge in [0.15, 0.2) is 5.69 Å². The number of aryl methyl sites for hydroxylation is 1. The molecular weight excluding hydrogens is 178 g/mol. The molecule has 0 aromatic carbocycles. The lowest BCUT2D eigenvalue weighted by Gasteiger charge is -1.89. The van der Waals surface area contributed by atoms with Crippen LogP contribution in [0.25, 0.3) is 4.96 Å². The normalized spacial score (nSPS) is 10.8. The van der Waals surface area contributed by atoms with Crippen molar-refractivity contribution in [3.63, 3.8) is 0 Å². The molecule has 5 nitrogen and oxygen atoms in total. The predicted molar refractivity (Wildman–Crippen MR) is 42.6 cm³/mol. The fourth-order valence-corrected chi connectivity index (χ4v) is 1.70. The number of nitrogens with zero attached hydrogens (tertiary/aromatic N) is 3. The first-order valence-electron chi connectivity index (χ1n) is 3.22. The van der Waals surface area contributed by atoms with Crippen LogP contribution in [-0.4, -0.2) is 25.7 Å². The van der Waals surface area contributed by atoms with E-state index in [1.165, 1.54) is 15.9 Å². The maximum absolute atomic E-state index is 10.7. The highest BCUT2D eigenvalue weighted by molar-refractivity contribution is 7.14. The Hall–Kier alpha value is -1.43. The monoisotopic (exact) mass is 183 g/mol. The van der Waals surface area contributed by atoms with E-state index in [0.717, 1.165) is 0 Å². The molecule has 0 saturated heterocycles. The van der Waals surface area contributed by atoms with Gasteiger partial charge in [0, 0.05) is 0 Å². The molecule has 0 saturated carbocycles. The van der Waals surface area contributed by atoms with Crippen LogP contribution in [0.4, 0.5) is 0 Å². The molecule has 2 rings (SSSR count). The summed E-state index contributed by atoms with van der Waals surface area (Å²) in [5, 5.41) is 12.6. The number of carbonyl (C=O) groups is 1. The van der Waals surface area contributed by atoms with Gasteiger partial charge in [-0.25, -0.2) is 9.78 Å². The molecule has 0 amide bonds. The topological polar surface area (TPSA) is 67.5 Å². The van der Waals surface area contributed by atoms with Gasteiger partial charge in [-0.3, -0.25) is 0 Å². The molecule has 0 spiro atoms. The first kappa shape index (κ1) is 7.23. The summed E-state index contributed by atoms with van der Waals surface area (Å²) in [7, 11) is 0. The van der Waals surface area contributed by atoms with Crippen molar-refractivity contribution in [3.8, 4) is 0 Å². The van der Waals surface area contributed by atoms with Crippen LogP contribution in [0.3, 0.4) is 0 Å². The average Bonchev–Trinajstić information content (AvgIpc) is 2.44. The van der Waals surface area contributed by atoms with Gasteiger partial charge in [0.25, 0.3) is 0 Å². The van der Waals surface area contributed by atoms with Gasteiger partial charge in [-0.15, -0.1) is 0 Å². The van der Waals surface area contributed by atoms with Crippen molar-refractivity contribution >= 4 is 22.3 Å². The lowest BCUT2D eigenvalue weighted by Crippen LogP contribution is -2.03. The number of rotatable bonds is 1. The summed E-state index contributed by atoms with van der Waals surface area (Å²) in [6, 6.07) is 0. The van der Waals surface area contributed by atoms with Crippen molar-refractivity contribution in [2.45, 2.75) is 6.92 Å². The molecule has 0 aliphatic carbocycles. The van der Waals surface area contributed by atoms with Crippen molar-refractivity contribution in [3.05, 3.63) is 16.9 Å². The second kappa shape index (κ2) is 2.28. The van der Waals surface area contributed by atoms with Crippen LogP contribution in [-0.2, 0) is 0 Å². The van der Waals surface area contributed by atoms with Gasteiger partial charge < -0.3 is 5.11 Å². The summed E-state index contributed by atoms with van der Waals surface area (Å²) in [5.41, 5.74) is 2.21. The Labute approximate surface area is 71.3 Å². The van der Waals surface area contributed by atoms with Gasteiger partial charge in [-0.1, -0.05) is 11.3 Å². The van der Waals surface area contributed by atoms with Gasteiger partial charge in [0.1, 0.15) is 5.51 Å². The third kappa shape index (κ3) is 0.814. The standard InChI is InChI=1S/C6H5N3O2S/c1-3-4(5(10)11)9-6(8-3)12-2-7-9/h2H,1H3,(H,10,11). The first-order chi connectivity index (χ1) is 5.70. The molecule has 0 aliphatic heterocycles. The largest absolute Gasteiger partial charge is 0.476 e. The number of hydrogen-bond acceptors (Lipinski definition) is 4. The van der Waals surface area contributed by atoms with E-state index in [0.29, 0.717) is 10.7 Å². The third-order valence-corrected chi connectivity index (χ3v) is 2.20. The minimum atomic E-state index is -0.995. The van der Waals surface area contributed by atoms with Crippen LogP contribution < -0.4 is 0 Å². The number of aromatic carboxylic acids is 1. The van der Waals surface area contributed by atoms with E-state index in [1.54, 1.807) is 12.4 Å². The Balaban J connectivity index is 2.84. The number of fused-ring (bicyclic) bond motifs is 1. The van der Waals surface area contributed by atoms with Crippen LogP contribution in [0.15, 0.2) is 5.51 Å². The molecule has 0 bridgehead atoms. The summed E-state index contributed by atoms with van der Waals surface area (Å²) in [6.07, 6.45) is 0. The molecule has 12 heavy (non-hydrogen) atoms. The highest BCUT2D eigenvalue weighted by Crippen LogP contribution is 2.13. The van der Waals surface area contributed by atoms with Crippen LogP contribution >= 0.6 is 11.3 Å². The van der Waals surface area contributed by atoms with Gasteiger partial charge >= 0.3 is 5.97 Å². The first-order valence-corrected chi connectivity index (χ1v) is 4.10. The summed E-state index contributed by atoms with van der Waals surface area (Å²) >= 11 is 1.32. The minimum Gasteiger partial charge on any atom is -0.476 e. The second-order valence-electron chi connectivity index (χ2n) is 2.28. The quantitative estimate of drug-likeness (QED) is 0.710. The highest BCUT2D eigenvalue weighted by Gasteiger charge is 2.16. The second-order valence-corrected chi connectivity index (χ2v) is 3.10. The number of carboxylic acids is 1. The summed E-state index contributed by atoms with van der Waals surface area (Å²) < 4.78 is 1.34. The van der Waals surface area contributed by atoms with E-state index in [1.807, 2.05) is 0 Å². The molecule has 0 fully saturated rings. The summed E-state index contributed by atoms with van der Waals surface area (Å²) in [4.78, 5) is 15.3. The Morgan fingerprint density at radius 3 is 3.17 bits per heavy atom. The van der Waals surface area contributed by atoms with Gasteiger partial charge in [-0.2, -0.15) is 9.61 Å². The van der Waals surface area contributed by atoms with Crippen LogP contribution in [0, 0.1) is 6.92 Å². The number of hydrogen-bond donors (Lipinski definition) is 1. The van der Waals surface area contributed by atoms with Crippen molar-refractivity contribution < 1.29 is 9.90 Å². The SMILES string of the molecule is Cc1nc2scnn2c1C(=O)O. The molecule has 0 atom stereocenters. The Morgan fingerprint density at radius 1 is 1.75 bits per heavy atom. The number of imidazole rings is 1. The number of carboxylic acid groups (broad SMARTS) is 1. The van der Waals surface area contributed by atoms with E-state index >= 15 is 0 Å². The predicted octanol–water partition coefficient (Wildman–Crippen LogP) is 0.797. The van der Waals surface area contributed by atoms with Crippen LogP contribution in [0.2, 0.25) is 0 Å². The fourth-order valence-electron chi connectivity index (χ4n) is 1.04. The van der Waals surface area contributed by atoms with E-state index in [4.69, 9.17) is 5.11 Å². The van der Waals surface area contributed by atoms with Gasteiger partial charge in [0.05, 0.1) is 5.69 Å². The summed E-state index contributed by atoms with van der Waals surface area (Å²) in [6.45, 7) is 1.66. The van der Waals surface area contributed by atoms with Crippen molar-refractivity contribution in [1.29, 1.82) is 0 Å². The molecule has 62 valence electrons. The molecule has 0 aliphatic rings. The average molecular weight is 183 g/mol. The molecule has 1 N–H and O–H groups in total. The Morgan fingerprint density at radius 2 is 2.50 bits per heavy atom.